The highest BCUT2D eigenvalue weighted by atomic mass is 16.5. The molecule has 0 saturated carbocycles. The number of benzene rings is 5. The van der Waals surface area contributed by atoms with E-state index in [2.05, 4.69) is 35.6 Å². The molecule has 5 heteroatoms. The highest BCUT2D eigenvalue weighted by molar-refractivity contribution is 6.02. The first kappa shape index (κ1) is 23.6. The lowest BCUT2D eigenvalue weighted by atomic mass is 10.0. The number of aliphatic imine (C=N–C) groups is 1. The van der Waals surface area contributed by atoms with Gasteiger partial charge in [-0.15, -0.1) is 0 Å². The third kappa shape index (κ3) is 5.18. The van der Waals surface area contributed by atoms with E-state index < -0.39 is 0 Å². The van der Waals surface area contributed by atoms with Crippen molar-refractivity contribution in [3.05, 3.63) is 131 Å². The highest BCUT2D eigenvalue weighted by Crippen LogP contribution is 2.36. The molecule has 0 bridgehead atoms. The lowest BCUT2D eigenvalue weighted by molar-refractivity contribution is 0.256. The minimum Gasteiger partial charge on any atom is -0.485 e. The van der Waals surface area contributed by atoms with E-state index in [-0.39, 0.29) is 0 Å². The molecule has 0 aromatic heterocycles. The van der Waals surface area contributed by atoms with Crippen molar-refractivity contribution in [1.82, 2.24) is 0 Å². The van der Waals surface area contributed by atoms with Crippen LogP contribution in [0.15, 0.2) is 114 Å². The van der Waals surface area contributed by atoms with Gasteiger partial charge in [-0.05, 0) is 58.7 Å². The van der Waals surface area contributed by atoms with E-state index >= 15 is 0 Å². The van der Waals surface area contributed by atoms with Crippen LogP contribution in [0.25, 0.3) is 10.8 Å². The summed E-state index contributed by atoms with van der Waals surface area (Å²) in [7, 11) is 0. The molecule has 5 aromatic carbocycles. The largest absolute Gasteiger partial charge is 0.485 e. The van der Waals surface area contributed by atoms with Gasteiger partial charge in [0.25, 0.3) is 0 Å². The lowest BCUT2D eigenvalue weighted by Crippen LogP contribution is -2.22. The fourth-order valence-electron chi connectivity index (χ4n) is 4.92. The lowest BCUT2D eigenvalue weighted by Gasteiger charge is -2.15. The summed E-state index contributed by atoms with van der Waals surface area (Å²) < 4.78 is 12.3. The molecule has 0 fully saturated rings. The number of guanidine groups is 1. The third-order valence-corrected chi connectivity index (χ3v) is 6.79. The van der Waals surface area contributed by atoms with E-state index in [1.165, 1.54) is 16.5 Å². The molecular formula is C33H29N3O2. The van der Waals surface area contributed by atoms with Crippen LogP contribution in [0.2, 0.25) is 0 Å². The summed E-state index contributed by atoms with van der Waals surface area (Å²) in [5, 5.41) is 5.69. The molecule has 38 heavy (non-hydrogen) atoms. The summed E-state index contributed by atoms with van der Waals surface area (Å²) in [6.45, 7) is 0.875. The number of ether oxygens (including phenoxy) is 2. The number of nitrogens with two attached hydrogens (primary N) is 1. The number of anilines is 1. The van der Waals surface area contributed by atoms with E-state index in [9.17, 15) is 0 Å². The number of aryl methyl sites for hydroxylation is 2. The molecule has 1 aliphatic rings. The van der Waals surface area contributed by atoms with Gasteiger partial charge in [0.05, 0.1) is 5.69 Å². The number of hydrogen-bond donors (Lipinski definition) is 2. The fourth-order valence-corrected chi connectivity index (χ4v) is 4.92. The molecule has 1 aliphatic carbocycles. The summed E-state index contributed by atoms with van der Waals surface area (Å²) in [5.41, 5.74) is 12.9. The van der Waals surface area contributed by atoms with Crippen molar-refractivity contribution in [2.75, 3.05) is 5.32 Å². The minimum absolute atomic E-state index is 0.315. The summed E-state index contributed by atoms with van der Waals surface area (Å²) in [5.74, 6) is 1.61. The van der Waals surface area contributed by atoms with Gasteiger partial charge in [0, 0.05) is 17.1 Å². The summed E-state index contributed by atoms with van der Waals surface area (Å²) in [6, 6.07) is 36.5. The Hall–Kier alpha value is -4.77. The normalized spacial score (nSPS) is 12.5. The Morgan fingerprint density at radius 3 is 2.05 bits per heavy atom. The molecule has 0 saturated heterocycles. The van der Waals surface area contributed by atoms with Gasteiger partial charge in [-0.25, -0.2) is 4.99 Å². The second-order valence-corrected chi connectivity index (χ2v) is 9.42. The Morgan fingerprint density at radius 2 is 1.34 bits per heavy atom. The van der Waals surface area contributed by atoms with E-state index in [0.29, 0.717) is 30.7 Å². The van der Waals surface area contributed by atoms with Crippen molar-refractivity contribution in [3.63, 3.8) is 0 Å². The van der Waals surface area contributed by atoms with Crippen molar-refractivity contribution >= 4 is 28.1 Å². The van der Waals surface area contributed by atoms with Crippen LogP contribution in [0.4, 0.5) is 11.4 Å². The molecule has 0 atom stereocenters. The molecular weight excluding hydrogens is 470 g/mol. The van der Waals surface area contributed by atoms with E-state index in [0.717, 1.165) is 40.7 Å². The Morgan fingerprint density at radius 1 is 0.684 bits per heavy atom. The maximum absolute atomic E-state index is 6.38. The van der Waals surface area contributed by atoms with Crippen LogP contribution in [0, 0.1) is 0 Å². The molecule has 0 heterocycles. The zero-order chi connectivity index (χ0) is 25.7. The van der Waals surface area contributed by atoms with Gasteiger partial charge in [0.2, 0.25) is 0 Å². The van der Waals surface area contributed by atoms with Crippen LogP contribution in [0.5, 0.6) is 11.5 Å². The van der Waals surface area contributed by atoms with Crippen molar-refractivity contribution in [2.24, 2.45) is 10.7 Å². The summed E-state index contributed by atoms with van der Waals surface area (Å²) >= 11 is 0. The molecule has 0 aliphatic heterocycles. The van der Waals surface area contributed by atoms with Gasteiger partial charge >= 0.3 is 0 Å². The summed E-state index contributed by atoms with van der Waals surface area (Å²) in [4.78, 5) is 4.73. The predicted octanol–water partition coefficient (Wildman–Crippen LogP) is 7.15. The van der Waals surface area contributed by atoms with Gasteiger partial charge < -0.3 is 20.5 Å². The zero-order valence-electron chi connectivity index (χ0n) is 21.1. The first-order valence-corrected chi connectivity index (χ1v) is 12.8. The highest BCUT2D eigenvalue weighted by Gasteiger charge is 2.16. The second kappa shape index (κ2) is 10.7. The van der Waals surface area contributed by atoms with Crippen LogP contribution in [0.1, 0.15) is 22.3 Å². The van der Waals surface area contributed by atoms with Crippen molar-refractivity contribution < 1.29 is 9.47 Å². The number of rotatable bonds is 8. The quantitative estimate of drug-likeness (QED) is 0.176. The van der Waals surface area contributed by atoms with Crippen LogP contribution in [-0.4, -0.2) is 5.96 Å². The van der Waals surface area contributed by atoms with Crippen LogP contribution >= 0.6 is 0 Å². The minimum atomic E-state index is 0.315. The van der Waals surface area contributed by atoms with Gasteiger partial charge in [0.1, 0.15) is 13.2 Å². The van der Waals surface area contributed by atoms with Gasteiger partial charge in [-0.2, -0.15) is 0 Å². The summed E-state index contributed by atoms with van der Waals surface area (Å²) in [6.07, 6.45) is 2.16. The Balaban J connectivity index is 1.24. The Bertz CT molecular complexity index is 1590. The standard InChI is InChI=1S/C33H29N3O2/c34-33(36-29-18-16-26-15-14-25-12-7-13-28(29)32(25)26)35-27-17-19-30(37-21-23-8-3-1-4-9-23)31(20-27)38-22-24-10-5-2-6-11-24/h1-13,16-20H,14-15,21-22H2,(H3,34,35,36). The second-order valence-electron chi connectivity index (χ2n) is 9.42. The van der Waals surface area contributed by atoms with Crippen molar-refractivity contribution in [2.45, 2.75) is 26.1 Å². The molecule has 5 nitrogen and oxygen atoms in total. The fraction of sp³-hybridized carbons (Fsp3) is 0.121. The first-order valence-electron chi connectivity index (χ1n) is 12.8. The SMILES string of the molecule is NC(=Nc1ccc2c3c(cccc13)CC2)Nc1ccc(OCc2ccccc2)c(OCc2ccccc2)c1. The average molecular weight is 500 g/mol. The molecule has 0 amide bonds. The topological polar surface area (TPSA) is 68.9 Å². The maximum atomic E-state index is 6.38. The van der Waals surface area contributed by atoms with Crippen LogP contribution in [-0.2, 0) is 26.1 Å². The van der Waals surface area contributed by atoms with E-state index in [1.807, 2.05) is 78.9 Å². The molecule has 0 spiro atoms. The van der Waals surface area contributed by atoms with Crippen molar-refractivity contribution in [1.29, 1.82) is 0 Å². The zero-order valence-corrected chi connectivity index (χ0v) is 21.1. The van der Waals surface area contributed by atoms with Crippen molar-refractivity contribution in [3.8, 4) is 11.5 Å². The smallest absolute Gasteiger partial charge is 0.198 e. The number of hydrogen-bond acceptors (Lipinski definition) is 3. The molecule has 0 unspecified atom stereocenters. The Kier molecular flexibility index (Phi) is 6.64. The monoisotopic (exact) mass is 499 g/mol. The first-order chi connectivity index (χ1) is 18.7. The molecule has 6 rings (SSSR count). The van der Waals surface area contributed by atoms with E-state index in [1.54, 1.807) is 0 Å². The number of nitrogens with one attached hydrogen (secondary N) is 1. The third-order valence-electron chi connectivity index (χ3n) is 6.79. The molecule has 188 valence electrons. The molecule has 5 aromatic rings. The predicted molar refractivity (Wildman–Crippen MR) is 154 cm³/mol. The average Bonchev–Trinajstić information content (AvgIpc) is 3.38. The van der Waals surface area contributed by atoms with Crippen LogP contribution < -0.4 is 20.5 Å². The van der Waals surface area contributed by atoms with Crippen LogP contribution in [0.3, 0.4) is 0 Å². The van der Waals surface area contributed by atoms with Gasteiger partial charge in [-0.3, -0.25) is 0 Å². The van der Waals surface area contributed by atoms with Gasteiger partial charge in [-0.1, -0.05) is 84.9 Å². The Labute approximate surface area is 222 Å². The van der Waals surface area contributed by atoms with Gasteiger partial charge in [0.15, 0.2) is 17.5 Å². The maximum Gasteiger partial charge on any atom is 0.198 e. The number of nitrogens with zero attached hydrogens (tertiary/aromatic N) is 1. The molecule has 3 N–H and O–H groups in total. The van der Waals surface area contributed by atoms with E-state index in [4.69, 9.17) is 20.2 Å². The molecule has 0 radical (unpaired) electrons.